The van der Waals surface area contributed by atoms with Gasteiger partial charge in [-0.25, -0.2) is 9.37 Å². The van der Waals surface area contributed by atoms with Gasteiger partial charge in [-0.15, -0.1) is 21.5 Å². The Bertz CT molecular complexity index is 947. The Morgan fingerprint density at radius 1 is 1.12 bits per heavy atom. The number of oxazole rings is 1. The Kier molecular flexibility index (Phi) is 4.53. The number of aromatic nitrogens is 3. The van der Waals surface area contributed by atoms with E-state index in [0.29, 0.717) is 18.9 Å². The summed E-state index contributed by atoms with van der Waals surface area (Å²) < 4.78 is 18.4. The van der Waals surface area contributed by atoms with E-state index in [1.807, 2.05) is 17.5 Å². The molecule has 0 amide bonds. The van der Waals surface area contributed by atoms with E-state index in [1.165, 1.54) is 23.5 Å². The average Bonchev–Trinajstić information content (AvgIpc) is 3.36. The largest absolute Gasteiger partial charge is 0.443 e. The van der Waals surface area contributed by atoms with Crippen molar-refractivity contribution >= 4 is 27.8 Å². The molecule has 1 aromatic carbocycles. The van der Waals surface area contributed by atoms with E-state index in [0.717, 1.165) is 26.3 Å². The first-order valence-corrected chi connectivity index (χ1v) is 9.25. The number of rotatable bonds is 6. The molecule has 0 aliphatic heterocycles. The summed E-state index contributed by atoms with van der Waals surface area (Å²) in [5.74, 6) is 0.388. The normalized spacial score (nSPS) is 10.9. The molecular formula is C17H13FN4OS2. The maximum Gasteiger partial charge on any atom is 0.236 e. The number of benzene rings is 1. The van der Waals surface area contributed by atoms with Crippen molar-refractivity contribution in [2.45, 2.75) is 13.0 Å². The van der Waals surface area contributed by atoms with Crippen LogP contribution in [0.15, 0.2) is 52.5 Å². The van der Waals surface area contributed by atoms with Crippen molar-refractivity contribution in [1.29, 1.82) is 0 Å². The molecule has 25 heavy (non-hydrogen) atoms. The van der Waals surface area contributed by atoms with Gasteiger partial charge in [-0.05, 0) is 29.1 Å². The highest BCUT2D eigenvalue weighted by Gasteiger charge is 2.09. The predicted octanol–water partition coefficient (Wildman–Crippen LogP) is 4.60. The Labute approximate surface area is 151 Å². The van der Waals surface area contributed by atoms with E-state index in [1.54, 1.807) is 29.7 Å². The lowest BCUT2D eigenvalue weighted by atomic mass is 10.2. The van der Waals surface area contributed by atoms with Gasteiger partial charge in [-0.1, -0.05) is 29.5 Å². The van der Waals surface area contributed by atoms with Crippen LogP contribution in [0.1, 0.15) is 16.3 Å². The van der Waals surface area contributed by atoms with Crippen molar-refractivity contribution in [3.63, 3.8) is 0 Å². The Hall–Kier alpha value is -2.58. The number of halogens is 1. The highest BCUT2D eigenvalue weighted by molar-refractivity contribution is 7.15. The van der Waals surface area contributed by atoms with Gasteiger partial charge in [0, 0.05) is 6.42 Å². The Balaban J connectivity index is 1.36. The van der Waals surface area contributed by atoms with Gasteiger partial charge in [0.15, 0.2) is 0 Å². The van der Waals surface area contributed by atoms with Crippen molar-refractivity contribution < 1.29 is 8.81 Å². The molecule has 3 aromatic heterocycles. The minimum Gasteiger partial charge on any atom is -0.443 e. The van der Waals surface area contributed by atoms with Crippen molar-refractivity contribution in [1.82, 2.24) is 15.2 Å². The molecule has 0 saturated carbocycles. The molecule has 0 unspecified atom stereocenters. The minimum atomic E-state index is -0.238. The lowest BCUT2D eigenvalue weighted by Gasteiger charge is -1.97. The molecule has 4 rings (SSSR count). The molecule has 4 aromatic rings. The summed E-state index contributed by atoms with van der Waals surface area (Å²) in [6.07, 6.45) is 2.27. The van der Waals surface area contributed by atoms with E-state index in [4.69, 9.17) is 4.42 Å². The summed E-state index contributed by atoms with van der Waals surface area (Å²) in [5, 5.41) is 15.1. The molecule has 0 radical (unpaired) electrons. The molecule has 5 nitrogen and oxygen atoms in total. The van der Waals surface area contributed by atoms with Gasteiger partial charge in [0.2, 0.25) is 11.0 Å². The third-order valence-corrected chi connectivity index (χ3v) is 5.18. The molecule has 1 N–H and O–H groups in total. The van der Waals surface area contributed by atoms with Crippen LogP contribution in [0.25, 0.3) is 10.8 Å². The monoisotopic (exact) mass is 372 g/mol. The molecule has 0 aliphatic carbocycles. The summed E-state index contributed by atoms with van der Waals surface area (Å²) in [6, 6.07) is 10.3. The third kappa shape index (κ3) is 3.92. The van der Waals surface area contributed by atoms with Crippen LogP contribution in [-0.2, 0) is 13.0 Å². The second kappa shape index (κ2) is 7.12. The number of hydrogen-bond acceptors (Lipinski definition) is 7. The predicted molar refractivity (Wildman–Crippen MR) is 96.3 cm³/mol. The standard InChI is InChI=1S/C17H13FN4OS2/c18-12-5-3-11(4-6-12)8-15-21-22-17(25-15)19-9-13-10-23-16(20-13)14-2-1-7-24-14/h1-7,10H,8-9H2,(H,19,22). The lowest BCUT2D eigenvalue weighted by Crippen LogP contribution is -1.99. The Morgan fingerprint density at radius 2 is 2.00 bits per heavy atom. The Morgan fingerprint density at radius 3 is 2.80 bits per heavy atom. The number of hydrogen-bond donors (Lipinski definition) is 1. The van der Waals surface area contributed by atoms with E-state index >= 15 is 0 Å². The van der Waals surface area contributed by atoms with Gasteiger partial charge in [0.05, 0.1) is 17.1 Å². The number of nitrogens with one attached hydrogen (secondary N) is 1. The van der Waals surface area contributed by atoms with Gasteiger partial charge in [0.1, 0.15) is 17.1 Å². The van der Waals surface area contributed by atoms with Crippen molar-refractivity contribution in [2.75, 3.05) is 5.32 Å². The fourth-order valence-electron chi connectivity index (χ4n) is 2.24. The average molecular weight is 372 g/mol. The van der Waals surface area contributed by atoms with Crippen LogP contribution in [0.4, 0.5) is 9.52 Å². The van der Waals surface area contributed by atoms with E-state index in [2.05, 4.69) is 20.5 Å². The first kappa shape index (κ1) is 15.9. The molecule has 0 aliphatic rings. The zero-order valence-corrected chi connectivity index (χ0v) is 14.6. The topological polar surface area (TPSA) is 63.8 Å². The van der Waals surface area contributed by atoms with Crippen LogP contribution < -0.4 is 5.32 Å². The summed E-state index contributed by atoms with van der Waals surface area (Å²) in [7, 11) is 0. The maximum absolute atomic E-state index is 12.9. The summed E-state index contributed by atoms with van der Waals surface area (Å²) in [4.78, 5) is 5.46. The first-order valence-electron chi connectivity index (χ1n) is 7.55. The minimum absolute atomic E-state index is 0.238. The highest BCUT2D eigenvalue weighted by atomic mass is 32.1. The maximum atomic E-state index is 12.9. The van der Waals surface area contributed by atoms with Crippen LogP contribution in [0, 0.1) is 5.82 Å². The van der Waals surface area contributed by atoms with Gasteiger partial charge in [-0.2, -0.15) is 0 Å². The van der Waals surface area contributed by atoms with Crippen LogP contribution in [0.5, 0.6) is 0 Å². The van der Waals surface area contributed by atoms with Crippen molar-refractivity contribution in [3.05, 3.63) is 70.1 Å². The molecule has 8 heteroatoms. The SMILES string of the molecule is Fc1ccc(Cc2nnc(NCc3coc(-c4cccs4)n3)s2)cc1. The molecule has 3 heterocycles. The van der Waals surface area contributed by atoms with E-state index < -0.39 is 0 Å². The van der Waals surface area contributed by atoms with E-state index in [-0.39, 0.29) is 5.82 Å². The van der Waals surface area contributed by atoms with Crippen molar-refractivity contribution in [3.8, 4) is 10.8 Å². The molecule has 126 valence electrons. The highest BCUT2D eigenvalue weighted by Crippen LogP contribution is 2.24. The van der Waals surface area contributed by atoms with Crippen LogP contribution in [0.2, 0.25) is 0 Å². The molecular weight excluding hydrogens is 359 g/mol. The lowest BCUT2D eigenvalue weighted by molar-refractivity contribution is 0.574. The fourth-order valence-corrected chi connectivity index (χ4v) is 3.67. The summed E-state index contributed by atoms with van der Waals surface area (Å²) in [6.45, 7) is 0.514. The van der Waals surface area contributed by atoms with E-state index in [9.17, 15) is 4.39 Å². The third-order valence-electron chi connectivity index (χ3n) is 3.44. The number of thiophene rings is 1. The number of nitrogens with zero attached hydrogens (tertiary/aromatic N) is 3. The van der Waals surface area contributed by atoms with Gasteiger partial charge >= 0.3 is 0 Å². The fraction of sp³-hybridized carbons (Fsp3) is 0.118. The smallest absolute Gasteiger partial charge is 0.236 e. The summed E-state index contributed by atoms with van der Waals surface area (Å²) in [5.41, 5.74) is 1.81. The zero-order chi connectivity index (χ0) is 17.1. The molecule has 0 bridgehead atoms. The first-order chi connectivity index (χ1) is 12.3. The molecule has 0 spiro atoms. The molecule has 0 atom stereocenters. The summed E-state index contributed by atoms with van der Waals surface area (Å²) >= 11 is 3.06. The van der Waals surface area contributed by atoms with Gasteiger partial charge < -0.3 is 9.73 Å². The van der Waals surface area contributed by atoms with Crippen LogP contribution in [-0.4, -0.2) is 15.2 Å². The second-order valence-electron chi connectivity index (χ2n) is 5.28. The zero-order valence-electron chi connectivity index (χ0n) is 13.0. The van der Waals surface area contributed by atoms with Gasteiger partial charge in [-0.3, -0.25) is 0 Å². The molecule has 0 fully saturated rings. The second-order valence-corrected chi connectivity index (χ2v) is 7.29. The molecule has 0 saturated heterocycles. The number of anilines is 1. The van der Waals surface area contributed by atoms with Crippen LogP contribution in [0.3, 0.4) is 0 Å². The van der Waals surface area contributed by atoms with Crippen molar-refractivity contribution in [2.24, 2.45) is 0 Å². The quantitative estimate of drug-likeness (QED) is 0.536. The van der Waals surface area contributed by atoms with Gasteiger partial charge in [0.25, 0.3) is 0 Å². The van der Waals surface area contributed by atoms with Crippen LogP contribution >= 0.6 is 22.7 Å².